The van der Waals surface area contributed by atoms with E-state index in [1.165, 1.54) is 12.8 Å². The van der Waals surface area contributed by atoms with Gasteiger partial charge in [0, 0.05) is 23.9 Å². The molecule has 1 atom stereocenters. The molecular formula is C12H20ClNO. The Hall–Kier alpha value is -0.240. The lowest BCUT2D eigenvalue weighted by Crippen LogP contribution is -2.44. The van der Waals surface area contributed by atoms with Crippen molar-refractivity contribution in [2.24, 2.45) is 5.41 Å². The van der Waals surface area contributed by atoms with Crippen LogP contribution in [0, 0.1) is 5.41 Å². The van der Waals surface area contributed by atoms with Crippen molar-refractivity contribution in [1.29, 1.82) is 0 Å². The molecule has 0 spiro atoms. The molecule has 0 radical (unpaired) electrons. The maximum atomic E-state index is 12.4. The van der Waals surface area contributed by atoms with E-state index in [4.69, 9.17) is 11.6 Å². The third-order valence-corrected chi connectivity index (χ3v) is 4.40. The SMILES string of the molecule is CC1(C(=O)N2CCCC2CCl)CCCC1. The summed E-state index contributed by atoms with van der Waals surface area (Å²) in [4.78, 5) is 14.4. The molecule has 15 heavy (non-hydrogen) atoms. The lowest BCUT2D eigenvalue weighted by Gasteiger charge is -2.32. The predicted octanol–water partition coefficient (Wildman–Crippen LogP) is 2.80. The van der Waals surface area contributed by atoms with Gasteiger partial charge in [0.25, 0.3) is 0 Å². The second kappa shape index (κ2) is 4.32. The molecule has 0 aromatic carbocycles. The molecule has 2 rings (SSSR count). The largest absolute Gasteiger partial charge is 0.338 e. The number of hydrogen-bond acceptors (Lipinski definition) is 1. The number of hydrogen-bond donors (Lipinski definition) is 0. The van der Waals surface area contributed by atoms with Gasteiger partial charge in [-0.3, -0.25) is 4.79 Å². The van der Waals surface area contributed by atoms with Crippen molar-refractivity contribution in [2.45, 2.75) is 51.5 Å². The zero-order chi connectivity index (χ0) is 10.9. The Labute approximate surface area is 97.0 Å². The Balaban J connectivity index is 2.06. The molecule has 1 saturated carbocycles. The van der Waals surface area contributed by atoms with Crippen LogP contribution >= 0.6 is 11.6 Å². The van der Waals surface area contributed by atoms with E-state index in [-0.39, 0.29) is 5.41 Å². The highest BCUT2D eigenvalue weighted by Crippen LogP contribution is 2.40. The first-order chi connectivity index (χ1) is 7.17. The summed E-state index contributed by atoms with van der Waals surface area (Å²) in [6.45, 7) is 3.05. The Kier molecular flexibility index (Phi) is 3.24. The Bertz CT molecular complexity index is 248. The zero-order valence-corrected chi connectivity index (χ0v) is 10.2. The van der Waals surface area contributed by atoms with Crippen LogP contribution in [-0.4, -0.2) is 29.3 Å². The highest BCUT2D eigenvalue weighted by molar-refractivity contribution is 6.18. The molecule has 1 amide bonds. The molecule has 0 N–H and O–H groups in total. The van der Waals surface area contributed by atoms with Gasteiger partial charge >= 0.3 is 0 Å². The molecule has 1 unspecified atom stereocenters. The maximum absolute atomic E-state index is 12.4. The van der Waals surface area contributed by atoms with Gasteiger partial charge < -0.3 is 4.90 Å². The highest BCUT2D eigenvalue weighted by Gasteiger charge is 2.42. The van der Waals surface area contributed by atoms with Gasteiger partial charge in [0.05, 0.1) is 0 Å². The quantitative estimate of drug-likeness (QED) is 0.667. The summed E-state index contributed by atoms with van der Waals surface area (Å²) in [6, 6.07) is 0.302. The smallest absolute Gasteiger partial charge is 0.228 e. The van der Waals surface area contributed by atoms with E-state index in [0.29, 0.717) is 17.8 Å². The number of rotatable bonds is 2. The molecule has 1 heterocycles. The van der Waals surface area contributed by atoms with Crippen molar-refractivity contribution < 1.29 is 4.79 Å². The number of carbonyl (C=O) groups is 1. The van der Waals surface area contributed by atoms with Crippen LogP contribution in [0.1, 0.15) is 45.4 Å². The minimum absolute atomic E-state index is 0.0748. The van der Waals surface area contributed by atoms with Gasteiger partial charge in [-0.2, -0.15) is 0 Å². The first-order valence-corrected chi connectivity index (χ1v) is 6.58. The molecule has 1 saturated heterocycles. The van der Waals surface area contributed by atoms with E-state index >= 15 is 0 Å². The molecule has 0 bridgehead atoms. The second-order valence-electron chi connectivity index (χ2n) is 5.22. The van der Waals surface area contributed by atoms with Crippen LogP contribution in [0.5, 0.6) is 0 Å². The van der Waals surface area contributed by atoms with Crippen molar-refractivity contribution in [1.82, 2.24) is 4.90 Å². The fourth-order valence-corrected chi connectivity index (χ4v) is 3.30. The lowest BCUT2D eigenvalue weighted by atomic mass is 9.87. The van der Waals surface area contributed by atoms with Crippen LogP contribution in [0.3, 0.4) is 0 Å². The number of alkyl halides is 1. The predicted molar refractivity (Wildman–Crippen MR) is 62.0 cm³/mol. The second-order valence-corrected chi connectivity index (χ2v) is 5.53. The molecule has 2 nitrogen and oxygen atoms in total. The third-order valence-electron chi connectivity index (χ3n) is 4.04. The van der Waals surface area contributed by atoms with E-state index in [1.807, 2.05) is 4.90 Å². The number of carbonyl (C=O) groups excluding carboxylic acids is 1. The van der Waals surface area contributed by atoms with Gasteiger partial charge in [-0.1, -0.05) is 19.8 Å². The fraction of sp³-hybridized carbons (Fsp3) is 0.917. The van der Waals surface area contributed by atoms with Gasteiger partial charge in [-0.05, 0) is 25.7 Å². The average molecular weight is 230 g/mol. The van der Waals surface area contributed by atoms with E-state index in [1.54, 1.807) is 0 Å². The van der Waals surface area contributed by atoms with Crippen LogP contribution in [0.2, 0.25) is 0 Å². The number of likely N-dealkylation sites (tertiary alicyclic amines) is 1. The first kappa shape index (κ1) is 11.3. The summed E-state index contributed by atoms with van der Waals surface area (Å²) < 4.78 is 0. The fourth-order valence-electron chi connectivity index (χ4n) is 2.98. The van der Waals surface area contributed by atoms with Gasteiger partial charge in [0.2, 0.25) is 5.91 Å². The van der Waals surface area contributed by atoms with Crippen molar-refractivity contribution in [3.8, 4) is 0 Å². The Morgan fingerprint density at radius 2 is 2.07 bits per heavy atom. The minimum atomic E-state index is -0.0748. The van der Waals surface area contributed by atoms with E-state index < -0.39 is 0 Å². The number of amides is 1. The number of nitrogens with zero attached hydrogens (tertiary/aromatic N) is 1. The van der Waals surface area contributed by atoms with Crippen LogP contribution in [0.4, 0.5) is 0 Å². The molecule has 0 aromatic heterocycles. The zero-order valence-electron chi connectivity index (χ0n) is 9.47. The Morgan fingerprint density at radius 1 is 1.40 bits per heavy atom. The monoisotopic (exact) mass is 229 g/mol. The van der Waals surface area contributed by atoms with Gasteiger partial charge in [-0.15, -0.1) is 11.6 Å². The van der Waals surface area contributed by atoms with Crippen molar-refractivity contribution in [2.75, 3.05) is 12.4 Å². The van der Waals surface area contributed by atoms with Crippen LogP contribution < -0.4 is 0 Å². The van der Waals surface area contributed by atoms with Gasteiger partial charge in [-0.25, -0.2) is 0 Å². The standard InChI is InChI=1S/C12H20ClNO/c1-12(6-2-3-7-12)11(15)14-8-4-5-10(14)9-13/h10H,2-9H2,1H3. The topological polar surface area (TPSA) is 20.3 Å². The van der Waals surface area contributed by atoms with Crippen LogP contribution in [0.15, 0.2) is 0 Å². The lowest BCUT2D eigenvalue weighted by molar-refractivity contribution is -0.141. The van der Waals surface area contributed by atoms with Crippen molar-refractivity contribution in [3.63, 3.8) is 0 Å². The van der Waals surface area contributed by atoms with Crippen molar-refractivity contribution in [3.05, 3.63) is 0 Å². The highest BCUT2D eigenvalue weighted by atomic mass is 35.5. The normalized spacial score (nSPS) is 29.7. The Morgan fingerprint density at radius 3 is 2.67 bits per heavy atom. The molecule has 1 aliphatic heterocycles. The van der Waals surface area contributed by atoms with Crippen molar-refractivity contribution >= 4 is 17.5 Å². The maximum Gasteiger partial charge on any atom is 0.228 e. The summed E-state index contributed by atoms with van der Waals surface area (Å²) in [5, 5.41) is 0. The molecule has 2 aliphatic rings. The number of halogens is 1. The summed E-state index contributed by atoms with van der Waals surface area (Å²) >= 11 is 5.90. The molecule has 1 aliphatic carbocycles. The summed E-state index contributed by atoms with van der Waals surface area (Å²) in [5.41, 5.74) is -0.0748. The molecule has 3 heteroatoms. The molecular weight excluding hydrogens is 210 g/mol. The van der Waals surface area contributed by atoms with Crippen LogP contribution in [-0.2, 0) is 4.79 Å². The minimum Gasteiger partial charge on any atom is -0.338 e. The summed E-state index contributed by atoms with van der Waals surface area (Å²) in [7, 11) is 0. The van der Waals surface area contributed by atoms with E-state index in [9.17, 15) is 4.79 Å². The van der Waals surface area contributed by atoms with E-state index in [2.05, 4.69) is 6.92 Å². The molecule has 0 aromatic rings. The molecule has 2 fully saturated rings. The van der Waals surface area contributed by atoms with Gasteiger partial charge in [0.15, 0.2) is 0 Å². The summed E-state index contributed by atoms with van der Waals surface area (Å²) in [5.74, 6) is 0.963. The van der Waals surface area contributed by atoms with Crippen LogP contribution in [0.25, 0.3) is 0 Å². The third kappa shape index (κ3) is 2.01. The average Bonchev–Trinajstić information content (AvgIpc) is 2.85. The molecule has 86 valence electrons. The van der Waals surface area contributed by atoms with E-state index in [0.717, 1.165) is 32.2 Å². The first-order valence-electron chi connectivity index (χ1n) is 6.04. The van der Waals surface area contributed by atoms with Gasteiger partial charge in [0.1, 0.15) is 0 Å². The summed E-state index contributed by atoms with van der Waals surface area (Å²) in [6.07, 6.45) is 6.77.